The number of carbonyl (C=O) groups is 1. The van der Waals surface area contributed by atoms with Crippen LogP contribution < -0.4 is 4.74 Å². The maximum absolute atomic E-state index is 12.8. The lowest BCUT2D eigenvalue weighted by molar-refractivity contribution is -0.385. The third kappa shape index (κ3) is 3.37. The Bertz CT molecular complexity index is 767. The average molecular weight is 313 g/mol. The van der Waals surface area contributed by atoms with Crippen molar-refractivity contribution < 1.29 is 19.2 Å². The van der Waals surface area contributed by atoms with Crippen molar-refractivity contribution in [2.24, 2.45) is 0 Å². The SMILES string of the molecule is Cc1cccc(C(=O)c2c(OCC3CO3)cccc2[N+](=O)[O-])c1. The molecule has 1 unspecified atom stereocenters. The Kier molecular flexibility index (Phi) is 4.08. The second-order valence-corrected chi connectivity index (χ2v) is 5.37. The molecule has 1 heterocycles. The second-order valence-electron chi connectivity index (χ2n) is 5.37. The van der Waals surface area contributed by atoms with Gasteiger partial charge in [0, 0.05) is 11.6 Å². The number of hydrogen-bond donors (Lipinski definition) is 0. The smallest absolute Gasteiger partial charge is 0.284 e. The number of nitro benzene ring substituents is 1. The van der Waals surface area contributed by atoms with Gasteiger partial charge in [0.15, 0.2) is 0 Å². The molecule has 1 aliphatic rings. The zero-order chi connectivity index (χ0) is 16.4. The summed E-state index contributed by atoms with van der Waals surface area (Å²) in [7, 11) is 0. The molecule has 0 aromatic heterocycles. The zero-order valence-corrected chi connectivity index (χ0v) is 12.5. The number of hydrogen-bond acceptors (Lipinski definition) is 5. The predicted molar refractivity (Wildman–Crippen MR) is 82.9 cm³/mol. The van der Waals surface area contributed by atoms with Crippen LogP contribution in [0.2, 0.25) is 0 Å². The van der Waals surface area contributed by atoms with E-state index >= 15 is 0 Å². The molecule has 23 heavy (non-hydrogen) atoms. The van der Waals surface area contributed by atoms with Crippen LogP contribution in [0.15, 0.2) is 42.5 Å². The molecule has 0 spiro atoms. The van der Waals surface area contributed by atoms with Crippen molar-refractivity contribution in [3.05, 3.63) is 69.3 Å². The highest BCUT2D eigenvalue weighted by molar-refractivity contribution is 6.13. The molecule has 3 rings (SSSR count). The van der Waals surface area contributed by atoms with Crippen molar-refractivity contribution in [2.45, 2.75) is 13.0 Å². The lowest BCUT2D eigenvalue weighted by Gasteiger charge is -2.10. The summed E-state index contributed by atoms with van der Waals surface area (Å²) in [4.78, 5) is 23.5. The van der Waals surface area contributed by atoms with Crippen molar-refractivity contribution in [1.82, 2.24) is 0 Å². The van der Waals surface area contributed by atoms with Gasteiger partial charge < -0.3 is 9.47 Å². The fraction of sp³-hybridized carbons (Fsp3) is 0.235. The van der Waals surface area contributed by atoms with Gasteiger partial charge in [-0.3, -0.25) is 14.9 Å². The minimum Gasteiger partial charge on any atom is -0.490 e. The standard InChI is InChI=1S/C17H15NO5/c1-11-4-2-5-12(8-11)17(19)16-14(18(20)21)6-3-7-15(16)23-10-13-9-22-13/h2-8,13H,9-10H2,1H3. The number of ketones is 1. The lowest BCUT2D eigenvalue weighted by atomic mass is 9.99. The van der Waals surface area contributed by atoms with E-state index in [4.69, 9.17) is 9.47 Å². The summed E-state index contributed by atoms with van der Waals surface area (Å²) in [6.07, 6.45) is -0.00353. The van der Waals surface area contributed by atoms with Gasteiger partial charge in [-0.15, -0.1) is 0 Å². The van der Waals surface area contributed by atoms with E-state index < -0.39 is 10.7 Å². The van der Waals surface area contributed by atoms with Gasteiger partial charge in [0.25, 0.3) is 5.69 Å². The second kappa shape index (κ2) is 6.18. The summed E-state index contributed by atoms with van der Waals surface area (Å²) in [6, 6.07) is 11.3. The molecule has 0 saturated carbocycles. The quantitative estimate of drug-likeness (QED) is 0.354. The molecule has 1 aliphatic heterocycles. The minimum atomic E-state index is -0.566. The summed E-state index contributed by atoms with van der Waals surface area (Å²) in [5.41, 5.74) is 1.02. The first-order valence-electron chi connectivity index (χ1n) is 7.19. The molecular weight excluding hydrogens is 298 g/mol. The Morgan fingerprint density at radius 2 is 2.09 bits per heavy atom. The van der Waals surface area contributed by atoms with E-state index in [0.29, 0.717) is 12.2 Å². The van der Waals surface area contributed by atoms with Gasteiger partial charge in [-0.25, -0.2) is 0 Å². The van der Waals surface area contributed by atoms with Crippen LogP contribution >= 0.6 is 0 Å². The number of carbonyl (C=O) groups excluding carboxylic acids is 1. The van der Waals surface area contributed by atoms with Crippen LogP contribution in [0.5, 0.6) is 5.75 Å². The first-order chi connectivity index (χ1) is 11.1. The van der Waals surface area contributed by atoms with Crippen LogP contribution in [0.3, 0.4) is 0 Å². The molecule has 0 aliphatic carbocycles. The highest BCUT2D eigenvalue weighted by Gasteiger charge is 2.28. The van der Waals surface area contributed by atoms with Crippen molar-refractivity contribution in [2.75, 3.05) is 13.2 Å². The monoisotopic (exact) mass is 313 g/mol. The van der Waals surface area contributed by atoms with Crippen LogP contribution in [0.25, 0.3) is 0 Å². The van der Waals surface area contributed by atoms with E-state index in [9.17, 15) is 14.9 Å². The molecule has 0 amide bonds. The van der Waals surface area contributed by atoms with Gasteiger partial charge in [0.2, 0.25) is 5.78 Å². The van der Waals surface area contributed by atoms with Gasteiger partial charge in [0.05, 0.1) is 11.5 Å². The molecule has 118 valence electrons. The van der Waals surface area contributed by atoms with E-state index in [2.05, 4.69) is 0 Å². The summed E-state index contributed by atoms with van der Waals surface area (Å²) < 4.78 is 10.6. The van der Waals surface area contributed by atoms with E-state index in [0.717, 1.165) is 5.56 Å². The van der Waals surface area contributed by atoms with Gasteiger partial charge in [0.1, 0.15) is 24.0 Å². The number of nitro groups is 1. The normalized spacial score (nSPS) is 16.0. The highest BCUT2D eigenvalue weighted by atomic mass is 16.6. The minimum absolute atomic E-state index is 0.00353. The number of benzene rings is 2. The van der Waals surface area contributed by atoms with Crippen molar-refractivity contribution >= 4 is 11.5 Å². The third-order valence-electron chi connectivity index (χ3n) is 3.54. The largest absolute Gasteiger partial charge is 0.490 e. The third-order valence-corrected chi connectivity index (χ3v) is 3.54. The van der Waals surface area contributed by atoms with E-state index in [1.807, 2.05) is 13.0 Å². The fourth-order valence-corrected chi connectivity index (χ4v) is 2.30. The molecule has 2 aromatic carbocycles. The molecule has 0 N–H and O–H groups in total. The van der Waals surface area contributed by atoms with Crippen LogP contribution in [-0.2, 0) is 4.74 Å². The predicted octanol–water partition coefficient (Wildman–Crippen LogP) is 2.91. The molecule has 0 radical (unpaired) electrons. The van der Waals surface area contributed by atoms with Crippen molar-refractivity contribution in [3.8, 4) is 5.75 Å². The van der Waals surface area contributed by atoms with E-state index in [1.165, 1.54) is 12.1 Å². The summed E-state index contributed by atoms with van der Waals surface area (Å²) in [6.45, 7) is 2.74. The Morgan fingerprint density at radius 1 is 1.35 bits per heavy atom. The molecular formula is C17H15NO5. The number of aryl methyl sites for hydroxylation is 1. The average Bonchev–Trinajstić information content (AvgIpc) is 3.36. The maximum Gasteiger partial charge on any atom is 0.284 e. The van der Waals surface area contributed by atoms with Gasteiger partial charge in [-0.1, -0.05) is 29.8 Å². The summed E-state index contributed by atoms with van der Waals surface area (Å²) in [5, 5.41) is 11.3. The number of rotatable bonds is 6. The Balaban J connectivity index is 2.02. The Labute approximate surface area is 132 Å². The highest BCUT2D eigenvalue weighted by Crippen LogP contribution is 2.31. The molecule has 1 fully saturated rings. The number of epoxide rings is 1. The first kappa shape index (κ1) is 15.2. The Hall–Kier alpha value is -2.73. The molecule has 2 aromatic rings. The Morgan fingerprint density at radius 3 is 2.74 bits per heavy atom. The molecule has 6 nitrogen and oxygen atoms in total. The number of ether oxygens (including phenoxy) is 2. The molecule has 1 atom stereocenters. The maximum atomic E-state index is 12.8. The summed E-state index contributed by atoms with van der Waals surface area (Å²) in [5.74, 6) is -0.214. The van der Waals surface area contributed by atoms with Crippen LogP contribution in [0, 0.1) is 17.0 Å². The number of nitrogens with zero attached hydrogens (tertiary/aromatic N) is 1. The van der Waals surface area contributed by atoms with Crippen LogP contribution in [0.4, 0.5) is 5.69 Å². The van der Waals surface area contributed by atoms with Gasteiger partial charge in [-0.2, -0.15) is 0 Å². The fourth-order valence-electron chi connectivity index (χ4n) is 2.30. The van der Waals surface area contributed by atoms with E-state index in [-0.39, 0.29) is 29.7 Å². The van der Waals surface area contributed by atoms with Crippen LogP contribution in [-0.4, -0.2) is 30.0 Å². The van der Waals surface area contributed by atoms with Crippen LogP contribution in [0.1, 0.15) is 21.5 Å². The molecule has 1 saturated heterocycles. The lowest BCUT2D eigenvalue weighted by Crippen LogP contribution is -2.11. The summed E-state index contributed by atoms with van der Waals surface area (Å²) >= 11 is 0. The zero-order valence-electron chi connectivity index (χ0n) is 12.5. The first-order valence-corrected chi connectivity index (χ1v) is 7.19. The topological polar surface area (TPSA) is 82.0 Å². The van der Waals surface area contributed by atoms with Crippen molar-refractivity contribution in [3.63, 3.8) is 0 Å². The molecule has 0 bridgehead atoms. The van der Waals surface area contributed by atoms with Gasteiger partial charge >= 0.3 is 0 Å². The van der Waals surface area contributed by atoms with Crippen molar-refractivity contribution in [1.29, 1.82) is 0 Å². The van der Waals surface area contributed by atoms with Gasteiger partial charge in [-0.05, 0) is 19.1 Å². The molecule has 6 heteroatoms. The van der Waals surface area contributed by atoms with E-state index in [1.54, 1.807) is 24.3 Å².